The van der Waals surface area contributed by atoms with E-state index in [1.807, 2.05) is 37.3 Å². The zero-order valence-electron chi connectivity index (χ0n) is 17.5. The first-order valence-corrected chi connectivity index (χ1v) is 12.0. The Morgan fingerprint density at radius 2 is 1.59 bits per heavy atom. The van der Waals surface area contributed by atoms with Crippen molar-refractivity contribution in [3.63, 3.8) is 0 Å². The highest BCUT2D eigenvalue weighted by Gasteiger charge is 2.46. The predicted molar refractivity (Wildman–Crippen MR) is 120 cm³/mol. The SMILES string of the molecule is Cc1ccc(/C=C2\CS(=O)(=O)CC3C2=NN(C(C)C)C3c2ccc(C)cc2)cc1. The van der Waals surface area contributed by atoms with E-state index in [0.29, 0.717) is 0 Å². The van der Waals surface area contributed by atoms with Crippen molar-refractivity contribution in [2.75, 3.05) is 11.5 Å². The molecule has 1 saturated heterocycles. The van der Waals surface area contributed by atoms with Crippen LogP contribution >= 0.6 is 0 Å². The minimum atomic E-state index is -3.19. The van der Waals surface area contributed by atoms with Gasteiger partial charge in [-0.3, -0.25) is 5.01 Å². The first-order chi connectivity index (χ1) is 13.7. The van der Waals surface area contributed by atoms with Crippen molar-refractivity contribution in [1.29, 1.82) is 0 Å². The van der Waals surface area contributed by atoms with Crippen LogP contribution in [0.2, 0.25) is 0 Å². The lowest BCUT2D eigenvalue weighted by Gasteiger charge is -2.32. The molecule has 2 aromatic rings. The van der Waals surface area contributed by atoms with Gasteiger partial charge in [0, 0.05) is 12.0 Å². The average molecular weight is 409 g/mol. The van der Waals surface area contributed by atoms with E-state index in [-0.39, 0.29) is 29.5 Å². The summed E-state index contributed by atoms with van der Waals surface area (Å²) in [6.07, 6.45) is 2.00. The van der Waals surface area contributed by atoms with Gasteiger partial charge in [-0.2, -0.15) is 5.10 Å². The number of hydrazone groups is 1. The van der Waals surface area contributed by atoms with E-state index < -0.39 is 9.84 Å². The zero-order valence-corrected chi connectivity index (χ0v) is 18.3. The fourth-order valence-electron chi connectivity index (χ4n) is 4.28. The Bertz CT molecular complexity index is 1060. The molecular formula is C24H28N2O2S. The van der Waals surface area contributed by atoms with Crippen LogP contribution in [0.4, 0.5) is 0 Å². The third kappa shape index (κ3) is 4.01. The average Bonchev–Trinajstić information content (AvgIpc) is 3.03. The topological polar surface area (TPSA) is 49.7 Å². The molecule has 4 rings (SSSR count). The van der Waals surface area contributed by atoms with E-state index >= 15 is 0 Å². The molecule has 0 saturated carbocycles. The molecule has 5 heteroatoms. The summed E-state index contributed by atoms with van der Waals surface area (Å²) < 4.78 is 25.7. The fourth-order valence-corrected chi connectivity index (χ4v) is 5.99. The lowest BCUT2D eigenvalue weighted by atomic mass is 9.87. The van der Waals surface area contributed by atoms with Gasteiger partial charge < -0.3 is 0 Å². The Hall–Kier alpha value is -2.40. The van der Waals surface area contributed by atoms with Crippen LogP contribution in [-0.4, -0.2) is 36.7 Å². The Morgan fingerprint density at radius 3 is 2.17 bits per heavy atom. The van der Waals surface area contributed by atoms with Crippen LogP contribution in [0.15, 0.2) is 59.2 Å². The van der Waals surface area contributed by atoms with Gasteiger partial charge in [0.25, 0.3) is 0 Å². The van der Waals surface area contributed by atoms with E-state index in [1.54, 1.807) is 0 Å². The number of hydrogen-bond acceptors (Lipinski definition) is 4. The molecule has 2 unspecified atom stereocenters. The van der Waals surface area contributed by atoms with E-state index in [4.69, 9.17) is 5.10 Å². The quantitative estimate of drug-likeness (QED) is 0.748. The first-order valence-electron chi connectivity index (χ1n) is 10.1. The molecule has 0 aliphatic carbocycles. The second-order valence-corrected chi connectivity index (χ2v) is 10.7. The van der Waals surface area contributed by atoms with Gasteiger partial charge in [-0.15, -0.1) is 0 Å². The summed E-state index contributed by atoms with van der Waals surface area (Å²) in [4.78, 5) is 0. The number of sulfone groups is 1. The third-order valence-electron chi connectivity index (χ3n) is 5.74. The van der Waals surface area contributed by atoms with Crippen molar-refractivity contribution in [2.24, 2.45) is 11.0 Å². The van der Waals surface area contributed by atoms with Crippen molar-refractivity contribution in [1.82, 2.24) is 5.01 Å². The van der Waals surface area contributed by atoms with Gasteiger partial charge in [-0.25, -0.2) is 8.42 Å². The Balaban J connectivity index is 1.80. The van der Waals surface area contributed by atoms with Gasteiger partial charge in [0.1, 0.15) is 0 Å². The van der Waals surface area contributed by atoms with Crippen LogP contribution in [0.5, 0.6) is 0 Å². The molecule has 2 aromatic carbocycles. The van der Waals surface area contributed by atoms with Crippen LogP contribution in [0.3, 0.4) is 0 Å². The molecule has 2 heterocycles. The van der Waals surface area contributed by atoms with Crippen LogP contribution in [0, 0.1) is 19.8 Å². The van der Waals surface area contributed by atoms with Crippen LogP contribution < -0.4 is 0 Å². The second kappa shape index (κ2) is 7.45. The van der Waals surface area contributed by atoms with Crippen molar-refractivity contribution in [3.8, 4) is 0 Å². The van der Waals surface area contributed by atoms with Crippen LogP contribution in [-0.2, 0) is 9.84 Å². The zero-order chi connectivity index (χ0) is 20.8. The summed E-state index contributed by atoms with van der Waals surface area (Å²) in [5.41, 5.74) is 6.27. The van der Waals surface area contributed by atoms with Gasteiger partial charge in [-0.1, -0.05) is 59.7 Å². The van der Waals surface area contributed by atoms with E-state index in [0.717, 1.165) is 22.4 Å². The minimum Gasteiger partial charge on any atom is -0.286 e. The summed E-state index contributed by atoms with van der Waals surface area (Å²) >= 11 is 0. The monoisotopic (exact) mass is 408 g/mol. The molecule has 1 fully saturated rings. The molecule has 0 N–H and O–H groups in total. The van der Waals surface area contributed by atoms with Gasteiger partial charge >= 0.3 is 0 Å². The standard InChI is InChI=1S/C24H28N2O2S/c1-16(2)26-24(20-11-7-18(4)8-12-20)22-15-29(27,28)14-21(23(22)25-26)13-19-9-5-17(3)6-10-19/h5-13,16,22,24H,14-15H2,1-4H3/b21-13+. The largest absolute Gasteiger partial charge is 0.286 e. The molecule has 29 heavy (non-hydrogen) atoms. The molecule has 0 amide bonds. The predicted octanol–water partition coefficient (Wildman–Crippen LogP) is 4.55. The van der Waals surface area contributed by atoms with Gasteiger partial charge in [0.05, 0.1) is 23.3 Å². The number of benzene rings is 2. The van der Waals surface area contributed by atoms with Crippen molar-refractivity contribution in [2.45, 2.75) is 39.8 Å². The maximum absolute atomic E-state index is 12.8. The summed E-state index contributed by atoms with van der Waals surface area (Å²) in [6, 6.07) is 16.7. The number of hydrogen-bond donors (Lipinski definition) is 0. The molecule has 152 valence electrons. The Morgan fingerprint density at radius 1 is 1.00 bits per heavy atom. The minimum absolute atomic E-state index is 0.0536. The van der Waals surface area contributed by atoms with Crippen molar-refractivity contribution >= 4 is 21.6 Å². The molecule has 2 atom stereocenters. The van der Waals surface area contributed by atoms with Crippen LogP contribution in [0.1, 0.15) is 42.1 Å². The molecule has 0 aromatic heterocycles. The van der Waals surface area contributed by atoms with Gasteiger partial charge in [-0.05, 0) is 50.5 Å². The number of rotatable bonds is 3. The van der Waals surface area contributed by atoms with E-state index in [2.05, 4.69) is 50.0 Å². The summed E-state index contributed by atoms with van der Waals surface area (Å²) in [6.45, 7) is 8.33. The maximum Gasteiger partial charge on any atom is 0.155 e. The van der Waals surface area contributed by atoms with E-state index in [9.17, 15) is 8.42 Å². The smallest absolute Gasteiger partial charge is 0.155 e. The summed E-state index contributed by atoms with van der Waals surface area (Å²) in [7, 11) is -3.19. The fraction of sp³-hybridized carbons (Fsp3) is 0.375. The second-order valence-electron chi connectivity index (χ2n) is 8.56. The summed E-state index contributed by atoms with van der Waals surface area (Å²) in [5, 5.41) is 7.06. The Kier molecular flexibility index (Phi) is 5.11. The molecule has 0 radical (unpaired) electrons. The molecule has 4 nitrogen and oxygen atoms in total. The molecule has 0 bridgehead atoms. The lowest BCUT2D eigenvalue weighted by Crippen LogP contribution is -2.38. The third-order valence-corrected chi connectivity index (χ3v) is 7.36. The van der Waals surface area contributed by atoms with Crippen molar-refractivity contribution in [3.05, 3.63) is 76.4 Å². The molecule has 0 spiro atoms. The number of fused-ring (bicyclic) bond motifs is 1. The molecular weight excluding hydrogens is 380 g/mol. The highest BCUT2D eigenvalue weighted by Crippen LogP contribution is 2.42. The number of nitrogens with zero attached hydrogens (tertiary/aromatic N) is 2. The normalized spacial score (nSPS) is 24.7. The lowest BCUT2D eigenvalue weighted by molar-refractivity contribution is 0.163. The highest BCUT2D eigenvalue weighted by molar-refractivity contribution is 7.91. The molecule has 2 aliphatic heterocycles. The highest BCUT2D eigenvalue weighted by atomic mass is 32.2. The number of aryl methyl sites for hydroxylation is 2. The van der Waals surface area contributed by atoms with Crippen molar-refractivity contribution < 1.29 is 8.42 Å². The van der Waals surface area contributed by atoms with Crippen LogP contribution in [0.25, 0.3) is 6.08 Å². The first kappa shape index (κ1) is 19.9. The van der Waals surface area contributed by atoms with Gasteiger partial charge in [0.2, 0.25) is 0 Å². The molecule has 2 aliphatic rings. The van der Waals surface area contributed by atoms with Gasteiger partial charge in [0.15, 0.2) is 9.84 Å². The Labute approximate surface area is 173 Å². The van der Waals surface area contributed by atoms with E-state index in [1.165, 1.54) is 11.1 Å². The maximum atomic E-state index is 12.8. The summed E-state index contributed by atoms with van der Waals surface area (Å²) in [5.74, 6) is 0.0669.